The molecule has 0 bridgehead atoms. The highest BCUT2D eigenvalue weighted by Crippen LogP contribution is 2.36. The van der Waals surface area contributed by atoms with E-state index in [0.717, 1.165) is 5.56 Å². The third-order valence-corrected chi connectivity index (χ3v) is 4.40. The molecule has 5 nitrogen and oxygen atoms in total. The summed E-state index contributed by atoms with van der Waals surface area (Å²) in [5.41, 5.74) is 5.43. The van der Waals surface area contributed by atoms with E-state index in [1.54, 1.807) is 12.1 Å². The van der Waals surface area contributed by atoms with Gasteiger partial charge in [0.25, 0.3) is 0 Å². The molecule has 0 saturated carbocycles. The zero-order valence-electron chi connectivity index (χ0n) is 15.0. The summed E-state index contributed by atoms with van der Waals surface area (Å²) in [6, 6.07) is 11.4. The van der Waals surface area contributed by atoms with E-state index < -0.39 is 0 Å². The van der Waals surface area contributed by atoms with Crippen LogP contribution in [0, 0.1) is 0 Å². The molecule has 6 heteroatoms. The molecular weight excluding hydrogens is 352 g/mol. The Bertz CT molecular complexity index is 839. The minimum absolute atomic E-state index is 0.0922. The summed E-state index contributed by atoms with van der Waals surface area (Å²) in [5.74, 6) is 1.03. The first kappa shape index (κ1) is 18.3. The zero-order valence-corrected chi connectivity index (χ0v) is 15.8. The van der Waals surface area contributed by atoms with Crippen molar-refractivity contribution in [1.29, 1.82) is 0 Å². The van der Waals surface area contributed by atoms with Crippen molar-refractivity contribution in [3.8, 4) is 11.5 Å². The predicted molar refractivity (Wildman–Crippen MR) is 102 cm³/mol. The van der Waals surface area contributed by atoms with Crippen LogP contribution in [0.5, 0.6) is 11.5 Å². The van der Waals surface area contributed by atoms with Gasteiger partial charge in [-0.2, -0.15) is 5.10 Å². The smallest absolute Gasteiger partial charge is 0.244 e. The summed E-state index contributed by atoms with van der Waals surface area (Å²) >= 11 is 6.17. The molecular formula is C20H21ClN2O3. The summed E-state index contributed by atoms with van der Waals surface area (Å²) in [6.07, 6.45) is 1.75. The summed E-state index contributed by atoms with van der Waals surface area (Å²) in [4.78, 5) is 12.1. The molecule has 0 radical (unpaired) electrons. The van der Waals surface area contributed by atoms with Crippen LogP contribution in [0.2, 0.25) is 5.02 Å². The molecule has 1 amide bonds. The lowest BCUT2D eigenvalue weighted by Crippen LogP contribution is -2.20. The average Bonchev–Trinajstić information content (AvgIpc) is 3.01. The number of fused-ring (bicyclic) bond motifs is 1. The number of nitrogens with one attached hydrogen (secondary N) is 1. The largest absolute Gasteiger partial charge is 0.454 e. The second-order valence-electron chi connectivity index (χ2n) is 7.14. The second-order valence-corrected chi connectivity index (χ2v) is 7.55. The monoisotopic (exact) mass is 372 g/mol. The first-order valence-corrected chi connectivity index (χ1v) is 8.71. The first-order valence-electron chi connectivity index (χ1n) is 8.33. The van der Waals surface area contributed by atoms with E-state index in [4.69, 9.17) is 21.1 Å². The molecule has 0 atom stereocenters. The molecule has 3 rings (SSSR count). The fourth-order valence-corrected chi connectivity index (χ4v) is 2.76. The molecule has 1 aliphatic rings. The maximum atomic E-state index is 12.1. The fourth-order valence-electron chi connectivity index (χ4n) is 2.55. The van der Waals surface area contributed by atoms with Crippen molar-refractivity contribution in [1.82, 2.24) is 5.43 Å². The number of hydrogen-bond donors (Lipinski definition) is 1. The van der Waals surface area contributed by atoms with Crippen molar-refractivity contribution < 1.29 is 14.3 Å². The van der Waals surface area contributed by atoms with Crippen molar-refractivity contribution >= 4 is 23.7 Å². The van der Waals surface area contributed by atoms with Crippen LogP contribution in [-0.2, 0) is 16.6 Å². The van der Waals surface area contributed by atoms with Crippen LogP contribution in [-0.4, -0.2) is 18.9 Å². The molecule has 1 aliphatic heterocycles. The Labute approximate surface area is 158 Å². The first-order chi connectivity index (χ1) is 12.3. The van der Waals surface area contributed by atoms with Gasteiger partial charge in [-0.05, 0) is 22.6 Å². The fraction of sp³-hybridized carbons (Fsp3) is 0.300. The van der Waals surface area contributed by atoms with E-state index in [-0.39, 0.29) is 24.5 Å². The van der Waals surface area contributed by atoms with Gasteiger partial charge < -0.3 is 9.47 Å². The molecule has 0 aromatic heterocycles. The molecule has 2 aromatic rings. The second kappa shape index (κ2) is 7.38. The summed E-state index contributed by atoms with van der Waals surface area (Å²) in [5, 5.41) is 4.45. The molecule has 2 aromatic carbocycles. The number of rotatable bonds is 4. The molecule has 136 valence electrons. The quantitative estimate of drug-likeness (QED) is 0.650. The van der Waals surface area contributed by atoms with Crippen molar-refractivity contribution in [2.45, 2.75) is 32.6 Å². The molecule has 1 heterocycles. The number of carbonyl (C=O) groups excluding carboxylic acids is 1. The van der Waals surface area contributed by atoms with Gasteiger partial charge >= 0.3 is 0 Å². The molecule has 26 heavy (non-hydrogen) atoms. The molecule has 0 fully saturated rings. The van der Waals surface area contributed by atoms with Crippen molar-refractivity contribution in [2.24, 2.45) is 5.10 Å². The van der Waals surface area contributed by atoms with Gasteiger partial charge in [0.2, 0.25) is 12.7 Å². The van der Waals surface area contributed by atoms with Crippen molar-refractivity contribution in [3.05, 3.63) is 58.1 Å². The van der Waals surface area contributed by atoms with Gasteiger partial charge in [-0.1, -0.05) is 56.6 Å². The van der Waals surface area contributed by atoms with Gasteiger partial charge in [-0.3, -0.25) is 4.79 Å². The van der Waals surface area contributed by atoms with Crippen LogP contribution in [0.4, 0.5) is 0 Å². The van der Waals surface area contributed by atoms with Gasteiger partial charge in [-0.25, -0.2) is 5.43 Å². The van der Waals surface area contributed by atoms with Gasteiger partial charge in [0.1, 0.15) is 0 Å². The standard InChI is InChI=1S/C20H21ClN2O3/c1-20(2,3)15-6-4-13(5-7-15)8-19(24)23-22-11-14-9-17-18(10-16(14)21)26-12-25-17/h4-7,9-11H,8,12H2,1-3H3,(H,23,24). The minimum Gasteiger partial charge on any atom is -0.454 e. The number of nitrogens with zero attached hydrogens (tertiary/aromatic N) is 1. The summed E-state index contributed by atoms with van der Waals surface area (Å²) in [6.45, 7) is 6.65. The molecule has 1 N–H and O–H groups in total. The number of hydrazone groups is 1. The van der Waals surface area contributed by atoms with E-state index in [2.05, 4.69) is 43.4 Å². The highest BCUT2D eigenvalue weighted by Gasteiger charge is 2.16. The maximum absolute atomic E-state index is 12.1. The van der Waals surface area contributed by atoms with Gasteiger partial charge in [0, 0.05) is 11.6 Å². The van der Waals surface area contributed by atoms with Crippen LogP contribution in [0.25, 0.3) is 0 Å². The number of carbonyl (C=O) groups is 1. The minimum atomic E-state index is -0.193. The van der Waals surface area contributed by atoms with E-state index in [9.17, 15) is 4.79 Å². The normalized spacial score (nSPS) is 13.2. The maximum Gasteiger partial charge on any atom is 0.244 e. The van der Waals surface area contributed by atoms with E-state index >= 15 is 0 Å². The van der Waals surface area contributed by atoms with Crippen LogP contribution >= 0.6 is 11.6 Å². The molecule has 0 spiro atoms. The third kappa shape index (κ3) is 4.35. The Kier molecular flexibility index (Phi) is 5.18. The van der Waals surface area contributed by atoms with Crippen molar-refractivity contribution in [2.75, 3.05) is 6.79 Å². The molecule has 0 aliphatic carbocycles. The van der Waals surface area contributed by atoms with E-state index in [1.807, 2.05) is 12.1 Å². The predicted octanol–water partition coefficient (Wildman–Crippen LogP) is 4.06. The van der Waals surface area contributed by atoms with Gasteiger partial charge in [-0.15, -0.1) is 0 Å². The number of amides is 1. The number of ether oxygens (including phenoxy) is 2. The SMILES string of the molecule is CC(C)(C)c1ccc(CC(=O)NN=Cc2cc3c(cc2Cl)OCO3)cc1. The van der Waals surface area contributed by atoms with Crippen LogP contribution in [0.1, 0.15) is 37.5 Å². The molecule has 0 saturated heterocycles. The average molecular weight is 373 g/mol. The Hall–Kier alpha value is -2.53. The third-order valence-electron chi connectivity index (χ3n) is 4.07. The Balaban J connectivity index is 1.58. The van der Waals surface area contributed by atoms with Crippen LogP contribution in [0.15, 0.2) is 41.5 Å². The molecule has 0 unspecified atom stereocenters. The zero-order chi connectivity index (χ0) is 18.7. The Morgan fingerprint density at radius 1 is 1.19 bits per heavy atom. The van der Waals surface area contributed by atoms with Crippen LogP contribution < -0.4 is 14.9 Å². The topological polar surface area (TPSA) is 59.9 Å². The highest BCUT2D eigenvalue weighted by molar-refractivity contribution is 6.33. The Morgan fingerprint density at radius 2 is 1.85 bits per heavy atom. The Morgan fingerprint density at radius 3 is 2.50 bits per heavy atom. The highest BCUT2D eigenvalue weighted by atomic mass is 35.5. The van der Waals surface area contributed by atoms with E-state index in [1.165, 1.54) is 11.8 Å². The lowest BCUT2D eigenvalue weighted by molar-refractivity contribution is -0.120. The lowest BCUT2D eigenvalue weighted by Gasteiger charge is -2.19. The summed E-state index contributed by atoms with van der Waals surface area (Å²) in [7, 11) is 0. The lowest BCUT2D eigenvalue weighted by atomic mass is 9.86. The summed E-state index contributed by atoms with van der Waals surface area (Å²) < 4.78 is 10.6. The van der Waals surface area contributed by atoms with Crippen LogP contribution in [0.3, 0.4) is 0 Å². The number of halogens is 1. The van der Waals surface area contributed by atoms with E-state index in [0.29, 0.717) is 22.1 Å². The van der Waals surface area contributed by atoms with Gasteiger partial charge in [0.05, 0.1) is 17.7 Å². The number of hydrogen-bond acceptors (Lipinski definition) is 4. The van der Waals surface area contributed by atoms with Gasteiger partial charge in [0.15, 0.2) is 11.5 Å². The van der Waals surface area contributed by atoms with Crippen molar-refractivity contribution in [3.63, 3.8) is 0 Å². The number of benzene rings is 2.